The van der Waals surface area contributed by atoms with Gasteiger partial charge in [0.1, 0.15) is 27.9 Å². The van der Waals surface area contributed by atoms with Crippen LogP contribution in [-0.4, -0.2) is 40.5 Å². The quantitative estimate of drug-likeness (QED) is 0.457. The van der Waals surface area contributed by atoms with E-state index in [9.17, 15) is 19.2 Å². The molecule has 42 heavy (non-hydrogen) atoms. The topological polar surface area (TPSA) is 118 Å². The standard InChI is InChI=1S/C31H30ClN3O7/c1-13-8-9-16(10-14(13)2)20-21-17(33-28-23(20)29(38)35(5)30(39)34(28)4)11-15(3)31(26(21)36)27(37)22-18(40-6)12-19(41-7)24(32)25(22)42-31/h8-10,12,15,20,33H,11H2,1-7H3/t15-,20+,31+/m1/s1. The van der Waals surface area contributed by atoms with Crippen molar-refractivity contribution in [3.63, 3.8) is 0 Å². The van der Waals surface area contributed by atoms with E-state index >= 15 is 0 Å². The molecule has 2 aliphatic heterocycles. The molecular formula is C31H30ClN3O7. The van der Waals surface area contributed by atoms with Gasteiger partial charge in [-0.2, -0.15) is 0 Å². The number of ether oxygens (including phenoxy) is 3. The van der Waals surface area contributed by atoms with Crippen molar-refractivity contribution in [2.24, 2.45) is 20.0 Å². The van der Waals surface area contributed by atoms with E-state index < -0.39 is 40.3 Å². The Hall–Kier alpha value is -4.31. The van der Waals surface area contributed by atoms with Crippen molar-refractivity contribution in [1.29, 1.82) is 0 Å². The van der Waals surface area contributed by atoms with Crippen molar-refractivity contribution in [2.75, 3.05) is 19.5 Å². The molecule has 0 saturated carbocycles. The van der Waals surface area contributed by atoms with Crippen LogP contribution in [0.1, 0.15) is 51.9 Å². The average molecular weight is 592 g/mol. The predicted octanol–water partition coefficient (Wildman–Crippen LogP) is 3.81. The van der Waals surface area contributed by atoms with Crippen LogP contribution >= 0.6 is 11.6 Å². The Labute approximate surface area is 246 Å². The zero-order chi connectivity index (χ0) is 30.4. The Balaban J connectivity index is 1.63. The lowest BCUT2D eigenvalue weighted by molar-refractivity contribution is -0.130. The molecule has 1 spiro atoms. The molecule has 0 fully saturated rings. The lowest BCUT2D eigenvalue weighted by atomic mass is 9.65. The fourth-order valence-corrected chi connectivity index (χ4v) is 6.73. The zero-order valence-corrected chi connectivity index (χ0v) is 25.1. The number of rotatable bonds is 3. The molecule has 218 valence electrons. The maximum atomic E-state index is 14.9. The van der Waals surface area contributed by atoms with Gasteiger partial charge < -0.3 is 19.5 Å². The van der Waals surface area contributed by atoms with E-state index in [1.165, 1.54) is 31.9 Å². The predicted molar refractivity (Wildman–Crippen MR) is 156 cm³/mol. The second kappa shape index (κ2) is 9.35. The molecule has 2 aromatic carbocycles. The maximum Gasteiger partial charge on any atom is 0.332 e. The third-order valence-corrected chi connectivity index (χ3v) is 9.30. The number of hydrogen-bond acceptors (Lipinski definition) is 8. The van der Waals surface area contributed by atoms with Crippen molar-refractivity contribution in [3.8, 4) is 17.2 Å². The van der Waals surface area contributed by atoms with E-state index in [2.05, 4.69) is 5.32 Å². The van der Waals surface area contributed by atoms with Crippen LogP contribution in [-0.2, 0) is 18.9 Å². The SMILES string of the molecule is COc1cc(OC)c2c(c1Cl)O[C@@]1(C(=O)C3=C(C[C@H]1C)Nc1c(c(=O)n(C)c(=O)n1C)[C@H]3c1ccc(C)c(C)c1)C2=O. The first-order valence-electron chi connectivity index (χ1n) is 13.5. The summed E-state index contributed by atoms with van der Waals surface area (Å²) in [6, 6.07) is 7.21. The number of carbonyl (C=O) groups is 2. The average Bonchev–Trinajstić information content (AvgIpc) is 3.29. The van der Waals surface area contributed by atoms with Gasteiger partial charge in [-0.3, -0.25) is 23.5 Å². The van der Waals surface area contributed by atoms with Gasteiger partial charge in [-0.15, -0.1) is 0 Å². The van der Waals surface area contributed by atoms with Gasteiger partial charge in [0.15, 0.2) is 5.75 Å². The lowest BCUT2D eigenvalue weighted by Gasteiger charge is -2.42. The monoisotopic (exact) mass is 591 g/mol. The van der Waals surface area contributed by atoms with Crippen molar-refractivity contribution >= 4 is 29.0 Å². The molecule has 0 radical (unpaired) electrons. The summed E-state index contributed by atoms with van der Waals surface area (Å²) in [5.74, 6) is -1.91. The summed E-state index contributed by atoms with van der Waals surface area (Å²) in [6.07, 6.45) is 0.224. The molecule has 0 amide bonds. The molecule has 0 bridgehead atoms. The Morgan fingerprint density at radius 3 is 2.31 bits per heavy atom. The van der Waals surface area contributed by atoms with Gasteiger partial charge in [-0.1, -0.05) is 36.7 Å². The van der Waals surface area contributed by atoms with E-state index in [1.54, 1.807) is 14.0 Å². The summed E-state index contributed by atoms with van der Waals surface area (Å²) in [6.45, 7) is 5.68. The number of aryl methyl sites for hydroxylation is 2. The molecule has 3 heterocycles. The number of fused-ring (bicyclic) bond motifs is 2. The number of halogens is 1. The molecule has 11 heteroatoms. The van der Waals surface area contributed by atoms with Crippen LogP contribution in [0.25, 0.3) is 0 Å². The van der Waals surface area contributed by atoms with Gasteiger partial charge in [-0.05, 0) is 37.0 Å². The molecule has 6 rings (SSSR count). The minimum absolute atomic E-state index is 0.0207. The van der Waals surface area contributed by atoms with Crippen LogP contribution in [0.4, 0.5) is 5.82 Å². The Morgan fingerprint density at radius 1 is 0.976 bits per heavy atom. The molecule has 3 aromatic rings. The summed E-state index contributed by atoms with van der Waals surface area (Å²) in [4.78, 5) is 55.9. The third kappa shape index (κ3) is 3.44. The van der Waals surface area contributed by atoms with E-state index in [0.29, 0.717) is 17.1 Å². The largest absolute Gasteiger partial charge is 0.496 e. The summed E-state index contributed by atoms with van der Waals surface area (Å²) in [7, 11) is 5.82. The van der Waals surface area contributed by atoms with Crippen molar-refractivity contribution in [2.45, 2.75) is 38.7 Å². The fraction of sp³-hybridized carbons (Fsp3) is 0.355. The van der Waals surface area contributed by atoms with Crippen LogP contribution in [0.15, 0.2) is 45.1 Å². The number of anilines is 1. The van der Waals surface area contributed by atoms with Gasteiger partial charge in [0, 0.05) is 43.3 Å². The van der Waals surface area contributed by atoms with Gasteiger partial charge in [0.2, 0.25) is 17.2 Å². The van der Waals surface area contributed by atoms with Crippen molar-refractivity contribution in [3.05, 3.63) is 89.2 Å². The number of allylic oxidation sites excluding steroid dienone is 1. The Morgan fingerprint density at radius 2 is 1.67 bits per heavy atom. The van der Waals surface area contributed by atoms with E-state index in [1.807, 2.05) is 32.0 Å². The molecule has 1 N–H and O–H groups in total. The van der Waals surface area contributed by atoms with Gasteiger partial charge in [0.25, 0.3) is 5.56 Å². The highest BCUT2D eigenvalue weighted by atomic mass is 35.5. The molecule has 1 aliphatic carbocycles. The van der Waals surface area contributed by atoms with E-state index in [-0.39, 0.29) is 45.4 Å². The Bertz CT molecular complexity index is 1900. The molecule has 3 aliphatic rings. The molecule has 3 atom stereocenters. The summed E-state index contributed by atoms with van der Waals surface area (Å²) >= 11 is 6.61. The maximum absolute atomic E-state index is 14.9. The number of nitrogens with zero attached hydrogens (tertiary/aromatic N) is 2. The lowest BCUT2D eigenvalue weighted by Crippen LogP contribution is -2.58. The smallest absolute Gasteiger partial charge is 0.332 e. The molecule has 0 saturated heterocycles. The third-order valence-electron chi connectivity index (χ3n) is 8.94. The van der Waals surface area contributed by atoms with Gasteiger partial charge in [0.05, 0.1) is 19.8 Å². The number of Topliss-reactive ketones (excluding diaryl/α,β-unsaturated/α-hetero) is 2. The van der Waals surface area contributed by atoms with E-state index in [0.717, 1.165) is 15.7 Å². The zero-order valence-electron chi connectivity index (χ0n) is 24.3. The first kappa shape index (κ1) is 27.8. The van der Waals surface area contributed by atoms with Crippen molar-refractivity contribution in [1.82, 2.24) is 9.13 Å². The first-order chi connectivity index (χ1) is 19.9. The number of hydrogen-bond donors (Lipinski definition) is 1. The van der Waals surface area contributed by atoms with E-state index in [4.69, 9.17) is 25.8 Å². The van der Waals surface area contributed by atoms with Crippen LogP contribution in [0.5, 0.6) is 17.2 Å². The number of nitrogens with one attached hydrogen (secondary N) is 1. The summed E-state index contributed by atoms with van der Waals surface area (Å²) in [5.41, 5.74) is 0.771. The van der Waals surface area contributed by atoms with Gasteiger partial charge in [-0.25, -0.2) is 4.79 Å². The highest BCUT2D eigenvalue weighted by molar-refractivity contribution is 6.36. The molecule has 0 unspecified atom stereocenters. The normalized spacial score (nSPS) is 22.4. The molecule has 1 aromatic heterocycles. The van der Waals surface area contributed by atoms with Crippen LogP contribution < -0.4 is 30.8 Å². The molecule has 10 nitrogen and oxygen atoms in total. The highest BCUT2D eigenvalue weighted by Gasteiger charge is 2.63. The summed E-state index contributed by atoms with van der Waals surface area (Å²) in [5, 5.41) is 3.28. The van der Waals surface area contributed by atoms with Crippen LogP contribution in [0, 0.1) is 19.8 Å². The minimum atomic E-state index is -1.95. The summed E-state index contributed by atoms with van der Waals surface area (Å²) < 4.78 is 19.6. The van der Waals surface area contributed by atoms with Crippen LogP contribution in [0.3, 0.4) is 0 Å². The second-order valence-electron chi connectivity index (χ2n) is 11.2. The number of carbonyl (C=O) groups excluding carboxylic acids is 2. The molecular weight excluding hydrogens is 562 g/mol. The number of benzene rings is 2. The number of methoxy groups -OCH3 is 2. The number of aromatic nitrogens is 2. The minimum Gasteiger partial charge on any atom is -0.496 e. The Kier molecular flexibility index (Phi) is 6.20. The second-order valence-corrected chi connectivity index (χ2v) is 11.5. The number of ketones is 2. The van der Waals surface area contributed by atoms with Crippen LogP contribution in [0.2, 0.25) is 5.02 Å². The highest BCUT2D eigenvalue weighted by Crippen LogP contribution is 2.56. The van der Waals surface area contributed by atoms with Crippen molar-refractivity contribution < 1.29 is 23.8 Å². The fourth-order valence-electron chi connectivity index (χ4n) is 6.47. The first-order valence-corrected chi connectivity index (χ1v) is 13.9. The van der Waals surface area contributed by atoms with Gasteiger partial charge >= 0.3 is 5.69 Å².